The molecule has 0 saturated carbocycles. The van der Waals surface area contributed by atoms with Gasteiger partial charge in [-0.25, -0.2) is 4.79 Å². The van der Waals surface area contributed by atoms with Crippen LogP contribution in [0.4, 0.5) is 0 Å². The van der Waals surface area contributed by atoms with E-state index < -0.39 is 12.0 Å². The van der Waals surface area contributed by atoms with Crippen molar-refractivity contribution >= 4 is 34.5 Å². The van der Waals surface area contributed by atoms with Crippen molar-refractivity contribution in [1.82, 2.24) is 4.90 Å². The minimum Gasteiger partial charge on any atom is -0.480 e. The molecule has 18 heavy (non-hydrogen) atoms. The smallest absolute Gasteiger partial charge is 0.326 e. The number of likely N-dealkylation sites (tertiary alicyclic amines) is 1. The van der Waals surface area contributed by atoms with E-state index in [2.05, 4.69) is 22.6 Å². The monoisotopic (exact) mass is 359 g/mol. The number of carboxylic acids is 1. The third-order valence-corrected chi connectivity index (χ3v) is 4.65. The quantitative estimate of drug-likeness (QED) is 0.825. The first-order valence-corrected chi connectivity index (χ1v) is 6.89. The molecule has 1 saturated heterocycles. The molecule has 5 heteroatoms. The zero-order valence-corrected chi connectivity index (χ0v) is 12.2. The summed E-state index contributed by atoms with van der Waals surface area (Å²) < 4.78 is 0.899. The van der Waals surface area contributed by atoms with Crippen molar-refractivity contribution in [2.75, 3.05) is 6.54 Å². The van der Waals surface area contributed by atoms with Gasteiger partial charge in [0.2, 0.25) is 0 Å². The first-order valence-electron chi connectivity index (χ1n) is 5.81. The molecule has 4 nitrogen and oxygen atoms in total. The van der Waals surface area contributed by atoms with E-state index in [1.807, 2.05) is 19.1 Å². The Hall–Kier alpha value is -1.11. The fraction of sp³-hybridized carbons (Fsp3) is 0.385. The topological polar surface area (TPSA) is 57.6 Å². The predicted octanol–water partition coefficient (Wildman–Crippen LogP) is 2.29. The van der Waals surface area contributed by atoms with E-state index in [0.29, 0.717) is 18.5 Å². The van der Waals surface area contributed by atoms with Gasteiger partial charge < -0.3 is 10.0 Å². The van der Waals surface area contributed by atoms with Gasteiger partial charge in [-0.1, -0.05) is 12.1 Å². The number of nitrogens with zero attached hydrogens (tertiary/aromatic N) is 1. The SMILES string of the molecule is Cc1cccc(C(=O)N2CCC[C@@H]2C(=O)O)c1I. The minimum atomic E-state index is -0.913. The van der Waals surface area contributed by atoms with Gasteiger partial charge in [-0.2, -0.15) is 0 Å². The lowest BCUT2D eigenvalue weighted by Gasteiger charge is -2.22. The Morgan fingerprint density at radius 3 is 2.83 bits per heavy atom. The lowest BCUT2D eigenvalue weighted by molar-refractivity contribution is -0.141. The van der Waals surface area contributed by atoms with E-state index in [9.17, 15) is 9.59 Å². The van der Waals surface area contributed by atoms with Gasteiger partial charge in [0.05, 0.1) is 5.56 Å². The molecule has 1 aromatic rings. The molecule has 0 unspecified atom stereocenters. The number of rotatable bonds is 2. The number of carboxylic acid groups (broad SMARTS) is 1. The molecule has 2 rings (SSSR count). The van der Waals surface area contributed by atoms with Crippen molar-refractivity contribution in [3.8, 4) is 0 Å². The molecular weight excluding hydrogens is 345 g/mol. The molecule has 1 N–H and O–H groups in total. The Balaban J connectivity index is 2.31. The average molecular weight is 359 g/mol. The van der Waals surface area contributed by atoms with Crippen molar-refractivity contribution in [1.29, 1.82) is 0 Å². The van der Waals surface area contributed by atoms with Crippen LogP contribution in [-0.2, 0) is 4.79 Å². The Morgan fingerprint density at radius 1 is 1.44 bits per heavy atom. The zero-order chi connectivity index (χ0) is 13.3. The first-order chi connectivity index (χ1) is 8.52. The summed E-state index contributed by atoms with van der Waals surface area (Å²) >= 11 is 2.14. The normalized spacial score (nSPS) is 19.0. The summed E-state index contributed by atoms with van der Waals surface area (Å²) in [5, 5.41) is 9.11. The molecule has 1 aliphatic rings. The number of amides is 1. The van der Waals surface area contributed by atoms with Crippen LogP contribution in [-0.4, -0.2) is 34.5 Å². The maximum atomic E-state index is 12.4. The van der Waals surface area contributed by atoms with E-state index in [0.717, 1.165) is 15.6 Å². The summed E-state index contributed by atoms with van der Waals surface area (Å²) in [6.07, 6.45) is 1.30. The predicted molar refractivity (Wildman–Crippen MR) is 75.6 cm³/mol. The molecule has 0 aliphatic carbocycles. The average Bonchev–Trinajstić information content (AvgIpc) is 2.81. The standard InChI is InChI=1S/C13H14INO3/c1-8-4-2-5-9(11(8)14)12(16)15-7-3-6-10(15)13(17)18/h2,4-5,10H,3,6-7H2,1H3,(H,17,18)/t10-/m1/s1. The van der Waals surface area contributed by atoms with Crippen LogP contribution in [0, 0.1) is 10.5 Å². The third-order valence-electron chi connectivity index (χ3n) is 3.22. The van der Waals surface area contributed by atoms with Crippen molar-refractivity contribution in [2.45, 2.75) is 25.8 Å². The fourth-order valence-corrected chi connectivity index (χ4v) is 2.82. The zero-order valence-electron chi connectivity index (χ0n) is 10.0. The number of carbonyl (C=O) groups excluding carboxylic acids is 1. The third kappa shape index (κ3) is 2.36. The summed E-state index contributed by atoms with van der Waals surface area (Å²) in [5.41, 5.74) is 1.64. The maximum Gasteiger partial charge on any atom is 0.326 e. The first kappa shape index (κ1) is 13.3. The second kappa shape index (κ2) is 5.26. The number of benzene rings is 1. The van der Waals surface area contributed by atoms with E-state index in [-0.39, 0.29) is 5.91 Å². The van der Waals surface area contributed by atoms with E-state index in [1.54, 1.807) is 6.07 Å². The van der Waals surface area contributed by atoms with Crippen LogP contribution in [0.2, 0.25) is 0 Å². The highest BCUT2D eigenvalue weighted by Gasteiger charge is 2.34. The highest BCUT2D eigenvalue weighted by molar-refractivity contribution is 14.1. The molecule has 96 valence electrons. The molecule has 0 radical (unpaired) electrons. The molecule has 0 spiro atoms. The molecule has 0 aromatic heterocycles. The second-order valence-electron chi connectivity index (χ2n) is 4.43. The van der Waals surface area contributed by atoms with Crippen molar-refractivity contribution in [3.63, 3.8) is 0 Å². The summed E-state index contributed by atoms with van der Waals surface area (Å²) in [6.45, 7) is 2.47. The number of carbonyl (C=O) groups is 2. The summed E-state index contributed by atoms with van der Waals surface area (Å²) in [7, 11) is 0. The number of aliphatic carboxylic acids is 1. The van der Waals surface area contributed by atoms with Crippen LogP contribution in [0.25, 0.3) is 0 Å². The van der Waals surface area contributed by atoms with Crippen molar-refractivity contribution < 1.29 is 14.7 Å². The lowest BCUT2D eigenvalue weighted by atomic mass is 10.1. The van der Waals surface area contributed by atoms with Gasteiger partial charge in [-0.15, -0.1) is 0 Å². The van der Waals surface area contributed by atoms with Gasteiger partial charge in [-0.3, -0.25) is 4.79 Å². The molecule has 1 heterocycles. The van der Waals surface area contributed by atoms with Crippen LogP contribution >= 0.6 is 22.6 Å². The van der Waals surface area contributed by atoms with Crippen LogP contribution in [0.5, 0.6) is 0 Å². The Kier molecular flexibility index (Phi) is 3.89. The molecule has 1 amide bonds. The maximum absolute atomic E-state index is 12.4. The number of hydrogen-bond acceptors (Lipinski definition) is 2. The summed E-state index contributed by atoms with van der Waals surface area (Å²) in [4.78, 5) is 25.0. The number of hydrogen-bond donors (Lipinski definition) is 1. The van der Waals surface area contributed by atoms with E-state index in [4.69, 9.17) is 5.11 Å². The van der Waals surface area contributed by atoms with Gasteiger partial charge in [0.25, 0.3) is 5.91 Å². The molecular formula is C13H14INO3. The van der Waals surface area contributed by atoms with Crippen LogP contribution in [0.3, 0.4) is 0 Å². The van der Waals surface area contributed by atoms with Gasteiger partial charge in [0.15, 0.2) is 0 Å². The van der Waals surface area contributed by atoms with Crippen LogP contribution in [0.1, 0.15) is 28.8 Å². The largest absolute Gasteiger partial charge is 0.480 e. The van der Waals surface area contributed by atoms with Crippen LogP contribution in [0.15, 0.2) is 18.2 Å². The van der Waals surface area contributed by atoms with E-state index in [1.165, 1.54) is 4.90 Å². The van der Waals surface area contributed by atoms with Gasteiger partial charge >= 0.3 is 5.97 Å². The Bertz CT molecular complexity index is 501. The number of halogens is 1. The second-order valence-corrected chi connectivity index (χ2v) is 5.51. The van der Waals surface area contributed by atoms with Gasteiger partial charge in [-0.05, 0) is 54.0 Å². The highest BCUT2D eigenvalue weighted by Crippen LogP contribution is 2.24. The summed E-state index contributed by atoms with van der Waals surface area (Å²) in [5.74, 6) is -1.09. The summed E-state index contributed by atoms with van der Waals surface area (Å²) in [6, 6.07) is 4.86. The van der Waals surface area contributed by atoms with Gasteiger partial charge in [0, 0.05) is 10.1 Å². The fourth-order valence-electron chi connectivity index (χ4n) is 2.23. The minimum absolute atomic E-state index is 0.173. The molecule has 1 atom stereocenters. The molecule has 0 bridgehead atoms. The Labute approximate surface area is 119 Å². The van der Waals surface area contributed by atoms with E-state index >= 15 is 0 Å². The molecule has 1 aliphatic heterocycles. The molecule has 1 aromatic carbocycles. The molecule has 1 fully saturated rings. The highest BCUT2D eigenvalue weighted by atomic mass is 127. The van der Waals surface area contributed by atoms with Crippen molar-refractivity contribution in [3.05, 3.63) is 32.9 Å². The Morgan fingerprint density at radius 2 is 2.17 bits per heavy atom. The van der Waals surface area contributed by atoms with Crippen LogP contribution < -0.4 is 0 Å². The van der Waals surface area contributed by atoms with Gasteiger partial charge in [0.1, 0.15) is 6.04 Å². The lowest BCUT2D eigenvalue weighted by Crippen LogP contribution is -2.40. The van der Waals surface area contributed by atoms with Crippen molar-refractivity contribution in [2.24, 2.45) is 0 Å². The number of aryl methyl sites for hydroxylation is 1.